The topological polar surface area (TPSA) is 129 Å². The highest BCUT2D eigenvalue weighted by Gasteiger charge is 2.16. The van der Waals surface area contributed by atoms with Gasteiger partial charge in [-0.3, -0.25) is 9.78 Å². The standard InChI is InChI=1S/C16H14N6O2S/c17-15(23)14-13(20-16(18)24)9-22(21-14)10-1-3-11(4-2-10)25-12-5-7-19-8-6-12/h1-9H,(H2,17,23)(H3,18,20,24). The van der Waals surface area contributed by atoms with Gasteiger partial charge in [0.2, 0.25) is 0 Å². The molecule has 25 heavy (non-hydrogen) atoms. The average Bonchev–Trinajstić information content (AvgIpc) is 3.00. The highest BCUT2D eigenvalue weighted by Crippen LogP contribution is 2.28. The minimum absolute atomic E-state index is 0.0611. The third-order valence-electron chi connectivity index (χ3n) is 3.19. The molecule has 0 aliphatic rings. The zero-order chi connectivity index (χ0) is 17.8. The lowest BCUT2D eigenvalue weighted by molar-refractivity contribution is 0.0996. The summed E-state index contributed by atoms with van der Waals surface area (Å²) in [5, 5.41) is 6.44. The Balaban J connectivity index is 1.84. The molecule has 3 amide bonds. The molecule has 0 aliphatic carbocycles. The predicted octanol–water partition coefficient (Wildman–Crippen LogP) is 2.01. The van der Waals surface area contributed by atoms with Gasteiger partial charge < -0.3 is 16.8 Å². The molecule has 3 aromatic rings. The van der Waals surface area contributed by atoms with E-state index in [1.807, 2.05) is 36.4 Å². The Labute approximate surface area is 147 Å². The number of urea groups is 1. The Hall–Kier alpha value is -3.33. The molecular weight excluding hydrogens is 340 g/mol. The number of nitrogens with two attached hydrogens (primary N) is 2. The number of primary amides is 2. The summed E-state index contributed by atoms with van der Waals surface area (Å²) in [6.45, 7) is 0. The van der Waals surface area contributed by atoms with Crippen LogP contribution in [-0.4, -0.2) is 26.7 Å². The van der Waals surface area contributed by atoms with Crippen molar-refractivity contribution in [1.82, 2.24) is 14.8 Å². The Morgan fingerprint density at radius 3 is 2.24 bits per heavy atom. The van der Waals surface area contributed by atoms with Crippen LogP contribution < -0.4 is 16.8 Å². The van der Waals surface area contributed by atoms with Crippen molar-refractivity contribution in [3.63, 3.8) is 0 Å². The molecule has 5 N–H and O–H groups in total. The fourth-order valence-electron chi connectivity index (χ4n) is 2.12. The van der Waals surface area contributed by atoms with Gasteiger partial charge in [-0.2, -0.15) is 5.10 Å². The van der Waals surface area contributed by atoms with Crippen molar-refractivity contribution in [3.05, 3.63) is 60.7 Å². The fourth-order valence-corrected chi connectivity index (χ4v) is 2.92. The van der Waals surface area contributed by atoms with E-state index in [0.29, 0.717) is 5.69 Å². The first-order chi connectivity index (χ1) is 12.0. The van der Waals surface area contributed by atoms with Crippen LogP contribution in [0.25, 0.3) is 5.69 Å². The minimum Gasteiger partial charge on any atom is -0.364 e. The second-order valence-corrected chi connectivity index (χ2v) is 6.12. The largest absolute Gasteiger partial charge is 0.364 e. The fraction of sp³-hybridized carbons (Fsp3) is 0. The zero-order valence-corrected chi connectivity index (χ0v) is 13.7. The van der Waals surface area contributed by atoms with Gasteiger partial charge in [-0.1, -0.05) is 11.8 Å². The number of carbonyl (C=O) groups excluding carboxylic acids is 2. The van der Waals surface area contributed by atoms with E-state index < -0.39 is 11.9 Å². The van der Waals surface area contributed by atoms with Crippen LogP contribution >= 0.6 is 11.8 Å². The van der Waals surface area contributed by atoms with Crippen LogP contribution in [0, 0.1) is 0 Å². The number of pyridine rings is 1. The first-order valence-electron chi connectivity index (χ1n) is 7.17. The smallest absolute Gasteiger partial charge is 0.316 e. The van der Waals surface area contributed by atoms with Crippen LogP contribution in [0.3, 0.4) is 0 Å². The second kappa shape index (κ2) is 7.05. The Morgan fingerprint density at radius 2 is 1.64 bits per heavy atom. The third kappa shape index (κ3) is 3.96. The SMILES string of the molecule is NC(=O)Nc1cn(-c2ccc(Sc3ccncc3)cc2)nc1C(N)=O. The Bertz CT molecular complexity index is 908. The molecule has 2 aromatic heterocycles. The summed E-state index contributed by atoms with van der Waals surface area (Å²) >= 11 is 1.60. The van der Waals surface area contributed by atoms with Crippen molar-refractivity contribution >= 4 is 29.4 Å². The number of benzene rings is 1. The van der Waals surface area contributed by atoms with Crippen molar-refractivity contribution in [2.45, 2.75) is 9.79 Å². The molecule has 9 heteroatoms. The maximum absolute atomic E-state index is 11.5. The molecule has 0 aliphatic heterocycles. The highest BCUT2D eigenvalue weighted by molar-refractivity contribution is 7.99. The lowest BCUT2D eigenvalue weighted by Crippen LogP contribution is -2.22. The number of nitrogens with zero attached hydrogens (tertiary/aromatic N) is 3. The molecule has 1 aromatic carbocycles. The van der Waals surface area contributed by atoms with E-state index in [1.54, 1.807) is 24.2 Å². The quantitative estimate of drug-likeness (QED) is 0.645. The summed E-state index contributed by atoms with van der Waals surface area (Å²) in [6.07, 6.45) is 4.95. The number of anilines is 1. The Kier molecular flexibility index (Phi) is 4.66. The summed E-state index contributed by atoms with van der Waals surface area (Å²) in [5.41, 5.74) is 11.2. The molecule has 0 fully saturated rings. The lowest BCUT2D eigenvalue weighted by atomic mass is 10.3. The number of hydrogen-bond donors (Lipinski definition) is 3. The molecule has 8 nitrogen and oxygen atoms in total. The van der Waals surface area contributed by atoms with Gasteiger partial charge in [0.1, 0.15) is 0 Å². The van der Waals surface area contributed by atoms with Gasteiger partial charge in [-0.05, 0) is 36.4 Å². The van der Waals surface area contributed by atoms with Crippen LogP contribution in [0.15, 0.2) is 64.8 Å². The zero-order valence-electron chi connectivity index (χ0n) is 12.9. The van der Waals surface area contributed by atoms with E-state index in [1.165, 1.54) is 10.9 Å². The monoisotopic (exact) mass is 354 g/mol. The van der Waals surface area contributed by atoms with E-state index >= 15 is 0 Å². The summed E-state index contributed by atoms with van der Waals surface area (Å²) in [6, 6.07) is 10.6. The third-order valence-corrected chi connectivity index (χ3v) is 4.21. The summed E-state index contributed by atoms with van der Waals surface area (Å²) in [4.78, 5) is 28.6. The highest BCUT2D eigenvalue weighted by atomic mass is 32.2. The number of carbonyl (C=O) groups is 2. The van der Waals surface area contributed by atoms with E-state index in [0.717, 1.165) is 9.79 Å². The van der Waals surface area contributed by atoms with Gasteiger partial charge in [0.05, 0.1) is 17.6 Å². The van der Waals surface area contributed by atoms with Gasteiger partial charge in [0.15, 0.2) is 5.69 Å². The van der Waals surface area contributed by atoms with Crippen LogP contribution in [0.1, 0.15) is 10.5 Å². The van der Waals surface area contributed by atoms with E-state index in [4.69, 9.17) is 11.5 Å². The molecule has 0 spiro atoms. The molecule has 0 saturated carbocycles. The Morgan fingerprint density at radius 1 is 1.00 bits per heavy atom. The van der Waals surface area contributed by atoms with Crippen molar-refractivity contribution in [1.29, 1.82) is 0 Å². The van der Waals surface area contributed by atoms with Gasteiger partial charge >= 0.3 is 6.03 Å². The number of amides is 3. The average molecular weight is 354 g/mol. The lowest BCUT2D eigenvalue weighted by Gasteiger charge is -2.04. The normalized spacial score (nSPS) is 10.4. The molecule has 0 atom stereocenters. The number of rotatable bonds is 5. The summed E-state index contributed by atoms with van der Waals surface area (Å²) < 4.78 is 1.45. The molecule has 0 bridgehead atoms. The van der Waals surface area contributed by atoms with Gasteiger partial charge in [-0.15, -0.1) is 0 Å². The van der Waals surface area contributed by atoms with E-state index in [9.17, 15) is 9.59 Å². The molecule has 3 rings (SSSR count). The summed E-state index contributed by atoms with van der Waals surface area (Å²) in [7, 11) is 0. The first-order valence-corrected chi connectivity index (χ1v) is 7.99. The number of hydrogen-bond acceptors (Lipinski definition) is 5. The molecule has 2 heterocycles. The number of aromatic nitrogens is 3. The van der Waals surface area contributed by atoms with Crippen molar-refractivity contribution in [3.8, 4) is 5.69 Å². The van der Waals surface area contributed by atoms with E-state index in [-0.39, 0.29) is 11.4 Å². The second-order valence-electron chi connectivity index (χ2n) is 4.97. The van der Waals surface area contributed by atoms with Crippen LogP contribution in [-0.2, 0) is 0 Å². The van der Waals surface area contributed by atoms with Crippen LogP contribution in [0.4, 0.5) is 10.5 Å². The molecule has 0 radical (unpaired) electrons. The van der Waals surface area contributed by atoms with Crippen LogP contribution in [0.5, 0.6) is 0 Å². The maximum Gasteiger partial charge on any atom is 0.316 e. The van der Waals surface area contributed by atoms with Crippen molar-refractivity contribution < 1.29 is 9.59 Å². The van der Waals surface area contributed by atoms with E-state index in [2.05, 4.69) is 15.4 Å². The van der Waals surface area contributed by atoms with Crippen molar-refractivity contribution in [2.75, 3.05) is 5.32 Å². The van der Waals surface area contributed by atoms with Crippen LogP contribution in [0.2, 0.25) is 0 Å². The van der Waals surface area contributed by atoms with Gasteiger partial charge in [0, 0.05) is 22.2 Å². The first kappa shape index (κ1) is 16.5. The maximum atomic E-state index is 11.5. The molecular formula is C16H14N6O2S. The minimum atomic E-state index is -0.800. The van der Waals surface area contributed by atoms with Crippen molar-refractivity contribution in [2.24, 2.45) is 11.5 Å². The van der Waals surface area contributed by atoms with Gasteiger partial charge in [0.25, 0.3) is 5.91 Å². The summed E-state index contributed by atoms with van der Waals surface area (Å²) in [5.74, 6) is -0.757. The number of nitrogens with one attached hydrogen (secondary N) is 1. The molecule has 0 saturated heterocycles. The van der Waals surface area contributed by atoms with Gasteiger partial charge in [-0.25, -0.2) is 9.48 Å². The molecule has 0 unspecified atom stereocenters. The molecule has 126 valence electrons. The predicted molar refractivity (Wildman–Crippen MR) is 93.6 cm³/mol.